The predicted molar refractivity (Wildman–Crippen MR) is 119 cm³/mol. The van der Waals surface area contributed by atoms with Crippen molar-refractivity contribution in [2.24, 2.45) is 5.41 Å². The molecule has 1 fully saturated rings. The van der Waals surface area contributed by atoms with Gasteiger partial charge < -0.3 is 28.4 Å². The van der Waals surface area contributed by atoms with Crippen molar-refractivity contribution in [3.8, 4) is 0 Å². The van der Waals surface area contributed by atoms with Crippen LogP contribution in [-0.2, 0) is 52.4 Å². The number of carbonyl (C=O) groups is 5. The van der Waals surface area contributed by atoms with E-state index in [2.05, 4.69) is 0 Å². The Bertz CT molecular complexity index is 930. The molecule has 2 rings (SSSR count). The van der Waals surface area contributed by atoms with Crippen LogP contribution in [0, 0.1) is 5.41 Å². The molecule has 5 atom stereocenters. The Morgan fingerprint density at radius 1 is 0.886 bits per heavy atom. The van der Waals surface area contributed by atoms with Crippen molar-refractivity contribution in [1.29, 1.82) is 0 Å². The van der Waals surface area contributed by atoms with Gasteiger partial charge in [0.25, 0.3) is 0 Å². The fraction of sp³-hybridized carbons (Fsp3) is 0.625. The Morgan fingerprint density at radius 2 is 1.43 bits per heavy atom. The Balaban J connectivity index is 2.43. The smallest absolute Gasteiger partial charge is 0.303 e. The number of hydrogen-bond donors (Lipinski definition) is 0. The number of esters is 4. The molecule has 0 unspecified atom stereocenters. The molecule has 0 aromatic carbocycles. The van der Waals surface area contributed by atoms with Gasteiger partial charge in [-0.2, -0.15) is 0 Å². The topological polar surface area (TPSA) is 141 Å². The van der Waals surface area contributed by atoms with Crippen molar-refractivity contribution in [3.63, 3.8) is 0 Å². The summed E-state index contributed by atoms with van der Waals surface area (Å²) < 4.78 is 33.0. The zero-order valence-electron chi connectivity index (χ0n) is 20.9. The van der Waals surface area contributed by atoms with Crippen molar-refractivity contribution in [2.45, 2.75) is 79.2 Å². The molecule has 0 aromatic heterocycles. The van der Waals surface area contributed by atoms with Crippen LogP contribution in [0.15, 0.2) is 23.3 Å². The molecule has 11 heteroatoms. The highest BCUT2D eigenvalue weighted by molar-refractivity contribution is 6.05. The maximum atomic E-state index is 12.2. The summed E-state index contributed by atoms with van der Waals surface area (Å²) in [5.41, 5.74) is 0.678. The summed E-state index contributed by atoms with van der Waals surface area (Å²) in [6.07, 6.45) is -3.09. The lowest BCUT2D eigenvalue weighted by atomic mass is 9.77. The van der Waals surface area contributed by atoms with Gasteiger partial charge in [-0.15, -0.1) is 0 Å². The predicted octanol–water partition coefficient (Wildman–Crippen LogP) is 1.57. The molecule has 1 saturated heterocycles. The van der Waals surface area contributed by atoms with Gasteiger partial charge in [-0.3, -0.25) is 24.0 Å². The van der Waals surface area contributed by atoms with Crippen LogP contribution in [0.5, 0.6) is 0 Å². The molecule has 1 aliphatic carbocycles. The van der Waals surface area contributed by atoms with E-state index < -0.39 is 60.0 Å². The Kier molecular flexibility index (Phi) is 9.33. The van der Waals surface area contributed by atoms with Gasteiger partial charge in [0.15, 0.2) is 30.4 Å². The fourth-order valence-electron chi connectivity index (χ4n) is 3.92. The van der Waals surface area contributed by atoms with Crippen molar-refractivity contribution >= 4 is 29.7 Å². The molecule has 0 saturated carbocycles. The second kappa shape index (κ2) is 11.6. The lowest BCUT2D eigenvalue weighted by molar-refractivity contribution is -0.306. The standard InChI is InChI=1S/C24H32O11/c1-12-17(24(6,7)9-8-18(12)29)10-31-23-22(34-16(5)28)21(33-15(4)27)20(32-14(3)26)19(35-23)11-30-13(2)25/h8-9,19-23H,10-11H2,1-7H3/t19-,20-,21+,22-,23-/m1/s1. The zero-order chi connectivity index (χ0) is 26.5. The van der Waals surface area contributed by atoms with Crippen LogP contribution in [0.1, 0.15) is 48.5 Å². The Hall–Kier alpha value is -3.05. The molecule has 0 radical (unpaired) electrons. The average molecular weight is 497 g/mol. The maximum Gasteiger partial charge on any atom is 0.303 e. The highest BCUT2D eigenvalue weighted by atomic mass is 16.7. The lowest BCUT2D eigenvalue weighted by Gasteiger charge is -2.44. The van der Waals surface area contributed by atoms with E-state index in [4.69, 9.17) is 28.4 Å². The first-order valence-corrected chi connectivity index (χ1v) is 11.1. The van der Waals surface area contributed by atoms with E-state index in [9.17, 15) is 24.0 Å². The third-order valence-corrected chi connectivity index (χ3v) is 5.59. The molecule has 194 valence electrons. The van der Waals surface area contributed by atoms with Crippen LogP contribution in [0.4, 0.5) is 0 Å². The summed E-state index contributed by atoms with van der Waals surface area (Å²) in [6, 6.07) is 0. The summed E-state index contributed by atoms with van der Waals surface area (Å²) in [5.74, 6) is -2.97. The number of carbonyl (C=O) groups excluding carboxylic acids is 5. The average Bonchev–Trinajstić information content (AvgIpc) is 2.72. The molecule has 11 nitrogen and oxygen atoms in total. The first-order chi connectivity index (χ1) is 16.2. The largest absolute Gasteiger partial charge is 0.463 e. The van der Waals surface area contributed by atoms with Crippen LogP contribution in [0.3, 0.4) is 0 Å². The Labute approximate surface area is 203 Å². The van der Waals surface area contributed by atoms with Crippen molar-refractivity contribution in [1.82, 2.24) is 0 Å². The normalized spacial score (nSPS) is 27.7. The highest BCUT2D eigenvalue weighted by Crippen LogP contribution is 2.36. The lowest BCUT2D eigenvalue weighted by Crippen LogP contribution is -2.63. The molecule has 0 bridgehead atoms. The van der Waals surface area contributed by atoms with Gasteiger partial charge in [0.2, 0.25) is 0 Å². The minimum atomic E-state index is -1.33. The van der Waals surface area contributed by atoms with Crippen LogP contribution in [0.2, 0.25) is 0 Å². The molecule has 0 aromatic rings. The molecule has 1 heterocycles. The van der Waals surface area contributed by atoms with Gasteiger partial charge in [-0.25, -0.2) is 0 Å². The van der Waals surface area contributed by atoms with Gasteiger partial charge in [-0.05, 0) is 24.1 Å². The molecule has 0 N–H and O–H groups in total. The van der Waals surface area contributed by atoms with Gasteiger partial charge in [0.05, 0.1) is 6.61 Å². The molecular weight excluding hydrogens is 464 g/mol. The zero-order valence-corrected chi connectivity index (χ0v) is 20.9. The molecular formula is C24H32O11. The minimum Gasteiger partial charge on any atom is -0.463 e. The van der Waals surface area contributed by atoms with Crippen LogP contribution in [-0.4, -0.2) is 73.6 Å². The molecule has 0 spiro atoms. The highest BCUT2D eigenvalue weighted by Gasteiger charge is 2.53. The molecule has 1 aliphatic heterocycles. The maximum absolute atomic E-state index is 12.2. The van der Waals surface area contributed by atoms with E-state index in [0.717, 1.165) is 20.8 Å². The summed E-state index contributed by atoms with van der Waals surface area (Å²) in [5, 5.41) is 0. The second-order valence-electron chi connectivity index (χ2n) is 8.90. The van der Waals surface area contributed by atoms with Crippen LogP contribution >= 0.6 is 0 Å². The van der Waals surface area contributed by atoms with E-state index in [1.807, 2.05) is 13.8 Å². The fourth-order valence-corrected chi connectivity index (χ4v) is 3.92. The van der Waals surface area contributed by atoms with E-state index in [-0.39, 0.29) is 19.0 Å². The summed E-state index contributed by atoms with van der Waals surface area (Å²) in [4.78, 5) is 59.2. The third-order valence-electron chi connectivity index (χ3n) is 5.59. The third kappa shape index (κ3) is 7.46. The summed E-state index contributed by atoms with van der Waals surface area (Å²) in [7, 11) is 0. The monoisotopic (exact) mass is 496 g/mol. The van der Waals surface area contributed by atoms with Crippen LogP contribution in [0.25, 0.3) is 0 Å². The first-order valence-electron chi connectivity index (χ1n) is 11.1. The number of ether oxygens (including phenoxy) is 6. The summed E-state index contributed by atoms with van der Waals surface area (Å²) in [6.45, 7) is 9.67. The Morgan fingerprint density at radius 3 is 1.97 bits per heavy atom. The van der Waals surface area contributed by atoms with Crippen LogP contribution < -0.4 is 0 Å². The summed E-state index contributed by atoms with van der Waals surface area (Å²) >= 11 is 0. The van der Waals surface area contributed by atoms with Crippen molar-refractivity contribution < 1.29 is 52.4 Å². The van der Waals surface area contributed by atoms with E-state index >= 15 is 0 Å². The molecule has 2 aliphatic rings. The van der Waals surface area contributed by atoms with Crippen molar-refractivity contribution in [2.75, 3.05) is 13.2 Å². The second-order valence-corrected chi connectivity index (χ2v) is 8.90. The van der Waals surface area contributed by atoms with E-state index in [1.54, 1.807) is 13.0 Å². The van der Waals surface area contributed by atoms with Gasteiger partial charge in [0, 0.05) is 33.1 Å². The van der Waals surface area contributed by atoms with Gasteiger partial charge >= 0.3 is 23.9 Å². The molecule has 35 heavy (non-hydrogen) atoms. The SMILES string of the molecule is CC(=O)OC[C@H]1O[C@@H](OCC2=C(C)C(=O)C=CC2(C)C)[C@H](OC(C)=O)[C@@H](OC(C)=O)[C@@H]1OC(C)=O. The number of rotatable bonds is 8. The van der Waals surface area contributed by atoms with Gasteiger partial charge in [0.1, 0.15) is 12.7 Å². The number of allylic oxidation sites excluding steroid dienone is 3. The number of ketones is 1. The molecule has 0 amide bonds. The number of hydrogen-bond acceptors (Lipinski definition) is 11. The minimum absolute atomic E-state index is 0.0807. The van der Waals surface area contributed by atoms with E-state index in [1.165, 1.54) is 13.0 Å². The van der Waals surface area contributed by atoms with E-state index in [0.29, 0.717) is 11.1 Å². The quantitative estimate of drug-likeness (QED) is 0.357. The van der Waals surface area contributed by atoms with Gasteiger partial charge in [-0.1, -0.05) is 19.9 Å². The first kappa shape index (κ1) is 28.2. The van der Waals surface area contributed by atoms with Crippen molar-refractivity contribution in [3.05, 3.63) is 23.3 Å².